The third kappa shape index (κ3) is 9.60. The van der Waals surface area contributed by atoms with E-state index in [0.29, 0.717) is 65.4 Å². The molecule has 2 N–H and O–H groups in total. The van der Waals surface area contributed by atoms with Gasteiger partial charge in [-0.3, -0.25) is 9.59 Å². The summed E-state index contributed by atoms with van der Waals surface area (Å²) in [6, 6.07) is 0. The van der Waals surface area contributed by atoms with Crippen molar-refractivity contribution in [3.63, 3.8) is 0 Å². The van der Waals surface area contributed by atoms with Gasteiger partial charge >= 0.3 is 5.97 Å². The summed E-state index contributed by atoms with van der Waals surface area (Å²) in [5, 5.41) is 5.58. The van der Waals surface area contributed by atoms with E-state index in [4.69, 9.17) is 28.4 Å². The van der Waals surface area contributed by atoms with Crippen molar-refractivity contribution in [3.05, 3.63) is 11.6 Å². The minimum Gasteiger partial charge on any atom is -0.460 e. The minimum atomic E-state index is -0.356. The summed E-state index contributed by atoms with van der Waals surface area (Å²) in [4.78, 5) is 34.4. The predicted octanol–water partition coefficient (Wildman–Crippen LogP) is 1.71. The Balaban J connectivity index is 1.27. The molecule has 0 bridgehead atoms. The van der Waals surface area contributed by atoms with Crippen LogP contribution in [-0.4, -0.2) is 107 Å². The lowest BCUT2D eigenvalue weighted by molar-refractivity contribution is -0.172. The molecule has 0 aromatic heterocycles. The maximum absolute atomic E-state index is 12.6. The highest BCUT2D eigenvalue weighted by Crippen LogP contribution is 2.59. The van der Waals surface area contributed by atoms with Crippen LogP contribution >= 0.6 is 0 Å². The van der Waals surface area contributed by atoms with Crippen molar-refractivity contribution in [1.82, 2.24) is 10.6 Å². The number of epoxide rings is 2. The van der Waals surface area contributed by atoms with Crippen LogP contribution in [-0.2, 0) is 42.8 Å². The molecule has 2 aliphatic heterocycles. The maximum Gasteiger partial charge on any atom is 0.306 e. The molecule has 4 unspecified atom stereocenters. The second-order valence-corrected chi connectivity index (χ2v) is 11.2. The number of ether oxygens (including phenoxy) is 6. The molecular formula is C29H48N2O9. The molecule has 1 spiro atoms. The predicted molar refractivity (Wildman–Crippen MR) is 147 cm³/mol. The molecular weight excluding hydrogens is 520 g/mol. The molecule has 0 aromatic rings. The van der Waals surface area contributed by atoms with Crippen LogP contribution in [0.25, 0.3) is 0 Å². The van der Waals surface area contributed by atoms with Crippen molar-refractivity contribution >= 4 is 18.2 Å². The molecule has 1 amide bonds. The van der Waals surface area contributed by atoms with Crippen molar-refractivity contribution in [2.24, 2.45) is 5.92 Å². The number of hydrogen-bond donors (Lipinski definition) is 2. The summed E-state index contributed by atoms with van der Waals surface area (Å²) in [5.74, 6) is -0.336. The lowest BCUT2D eigenvalue weighted by Crippen LogP contribution is -2.55. The van der Waals surface area contributed by atoms with Gasteiger partial charge in [-0.25, -0.2) is 0 Å². The van der Waals surface area contributed by atoms with Gasteiger partial charge in [0.05, 0.1) is 45.0 Å². The van der Waals surface area contributed by atoms with Gasteiger partial charge in [-0.1, -0.05) is 11.6 Å². The zero-order chi connectivity index (χ0) is 29.0. The zero-order valence-electron chi connectivity index (χ0n) is 24.5. The Bertz CT molecular complexity index is 858. The Kier molecular flexibility index (Phi) is 13.0. The second-order valence-electron chi connectivity index (χ2n) is 11.2. The number of esters is 1. The van der Waals surface area contributed by atoms with Crippen LogP contribution < -0.4 is 10.6 Å². The Morgan fingerprint density at radius 1 is 1.07 bits per heavy atom. The molecule has 3 aliphatic rings. The van der Waals surface area contributed by atoms with E-state index in [1.54, 1.807) is 7.11 Å². The van der Waals surface area contributed by atoms with Crippen LogP contribution in [0.4, 0.5) is 0 Å². The van der Waals surface area contributed by atoms with E-state index in [1.807, 2.05) is 0 Å². The first-order chi connectivity index (χ1) is 19.3. The summed E-state index contributed by atoms with van der Waals surface area (Å²) in [7, 11) is 1.68. The number of aldehydes is 1. The lowest BCUT2D eigenvalue weighted by atomic mass is 9.68. The smallest absolute Gasteiger partial charge is 0.306 e. The van der Waals surface area contributed by atoms with Crippen molar-refractivity contribution in [1.29, 1.82) is 0 Å². The van der Waals surface area contributed by atoms with Crippen LogP contribution in [0.15, 0.2) is 11.6 Å². The molecule has 40 heavy (non-hydrogen) atoms. The number of rotatable bonds is 20. The number of allylic oxidation sites excluding steroid dienone is 1. The zero-order valence-corrected chi connectivity index (χ0v) is 24.5. The van der Waals surface area contributed by atoms with Gasteiger partial charge in [-0.15, -0.1) is 0 Å². The van der Waals surface area contributed by atoms with Crippen LogP contribution in [0.5, 0.6) is 0 Å². The first-order valence-corrected chi connectivity index (χ1v) is 14.5. The van der Waals surface area contributed by atoms with E-state index in [1.165, 1.54) is 5.57 Å². The van der Waals surface area contributed by atoms with Crippen molar-refractivity contribution in [3.8, 4) is 0 Å². The standard InChI is InChI=1S/C29H48N2O9/c1-21(2)7-8-23-28(3,40-23)27-26(35-4)22(9-11-29(27)20-38-29)39-25(34)6-5-16-36-18-19-37-17-14-31-24(33)10-12-30-13-15-32/h7,15,22-23,26-27,30H,5-6,8-14,16-20H2,1-4H3,(H,31,33)/t22?,23-,26?,27?,28?,29+/m1/s1. The van der Waals surface area contributed by atoms with Gasteiger partial charge in [0.15, 0.2) is 0 Å². The fourth-order valence-corrected chi connectivity index (χ4v) is 5.65. The fourth-order valence-electron chi connectivity index (χ4n) is 5.65. The summed E-state index contributed by atoms with van der Waals surface area (Å²) in [6.45, 7) is 9.75. The molecule has 2 saturated heterocycles. The number of amides is 1. The maximum atomic E-state index is 12.6. The summed E-state index contributed by atoms with van der Waals surface area (Å²) >= 11 is 0. The van der Waals surface area contributed by atoms with Gasteiger partial charge in [0.1, 0.15) is 29.7 Å². The second kappa shape index (κ2) is 15.9. The number of carbonyl (C=O) groups excluding carboxylic acids is 3. The SMILES string of the molecule is COC1C(OC(=O)CCCOCCOCCNC(=O)CCNCC=O)CC[C@]2(CO2)C1C1(C)O[C@@H]1CC=C(C)C. The molecule has 1 saturated carbocycles. The quantitative estimate of drug-likeness (QED) is 0.0734. The van der Waals surface area contributed by atoms with E-state index in [-0.39, 0.29) is 60.3 Å². The number of hydrogen-bond acceptors (Lipinski definition) is 10. The van der Waals surface area contributed by atoms with Gasteiger partial charge in [-0.2, -0.15) is 0 Å². The summed E-state index contributed by atoms with van der Waals surface area (Å²) in [5.41, 5.74) is 0.670. The summed E-state index contributed by atoms with van der Waals surface area (Å²) in [6.07, 6.45) is 6.00. The highest BCUT2D eigenvalue weighted by atomic mass is 16.6. The third-order valence-electron chi connectivity index (χ3n) is 7.89. The normalized spacial score (nSPS) is 30.5. The van der Waals surface area contributed by atoms with Gasteiger partial charge in [-0.05, 0) is 46.5 Å². The van der Waals surface area contributed by atoms with E-state index in [2.05, 4.69) is 37.5 Å². The van der Waals surface area contributed by atoms with Crippen LogP contribution in [0.3, 0.4) is 0 Å². The number of nitrogens with one attached hydrogen (secondary N) is 2. The van der Waals surface area contributed by atoms with Crippen LogP contribution in [0.1, 0.15) is 59.3 Å². The average molecular weight is 569 g/mol. The van der Waals surface area contributed by atoms with Gasteiger partial charge in [0.2, 0.25) is 5.91 Å². The Hall–Kier alpha value is -1.89. The molecule has 3 fully saturated rings. The number of carbonyl (C=O) groups is 3. The lowest BCUT2D eigenvalue weighted by Gasteiger charge is -2.42. The first kappa shape index (κ1) is 32.6. The Morgan fingerprint density at radius 3 is 2.50 bits per heavy atom. The monoisotopic (exact) mass is 568 g/mol. The molecule has 11 heteroatoms. The highest BCUT2D eigenvalue weighted by molar-refractivity contribution is 5.76. The average Bonchev–Trinajstić information content (AvgIpc) is 3.84. The van der Waals surface area contributed by atoms with E-state index in [9.17, 15) is 14.4 Å². The van der Waals surface area contributed by atoms with Crippen molar-refractivity contribution < 1.29 is 42.8 Å². The van der Waals surface area contributed by atoms with Crippen LogP contribution in [0.2, 0.25) is 0 Å². The van der Waals surface area contributed by atoms with Gasteiger partial charge in [0, 0.05) is 39.6 Å². The Morgan fingerprint density at radius 2 is 1.82 bits per heavy atom. The van der Waals surface area contributed by atoms with E-state index in [0.717, 1.165) is 19.1 Å². The minimum absolute atomic E-state index is 0.00851. The van der Waals surface area contributed by atoms with Crippen molar-refractivity contribution in [2.45, 2.75) is 88.8 Å². The summed E-state index contributed by atoms with van der Waals surface area (Å²) < 4.78 is 35.0. The van der Waals surface area contributed by atoms with Gasteiger partial charge in [0.25, 0.3) is 0 Å². The molecule has 3 rings (SSSR count). The Labute approximate surface area is 238 Å². The third-order valence-corrected chi connectivity index (χ3v) is 7.89. The largest absolute Gasteiger partial charge is 0.460 e. The fraction of sp³-hybridized carbons (Fsp3) is 0.828. The molecule has 1 aliphatic carbocycles. The number of methoxy groups -OCH3 is 1. The van der Waals surface area contributed by atoms with E-state index < -0.39 is 0 Å². The van der Waals surface area contributed by atoms with E-state index >= 15 is 0 Å². The molecule has 0 aromatic carbocycles. The molecule has 11 nitrogen and oxygen atoms in total. The molecule has 2 heterocycles. The first-order valence-electron chi connectivity index (χ1n) is 14.5. The molecule has 0 radical (unpaired) electrons. The molecule has 6 atom stereocenters. The van der Waals surface area contributed by atoms with Gasteiger partial charge < -0.3 is 43.8 Å². The topological polar surface area (TPSA) is 137 Å². The van der Waals surface area contributed by atoms with Crippen LogP contribution in [0, 0.1) is 5.92 Å². The molecule has 228 valence electrons. The highest BCUT2D eigenvalue weighted by Gasteiger charge is 2.72. The van der Waals surface area contributed by atoms with Crippen molar-refractivity contribution in [2.75, 3.05) is 59.8 Å².